The summed E-state index contributed by atoms with van der Waals surface area (Å²) in [6.45, 7) is 0.373. The van der Waals surface area contributed by atoms with Gasteiger partial charge in [0, 0.05) is 23.9 Å². The van der Waals surface area contributed by atoms with Crippen LogP contribution in [0.15, 0.2) is 54.7 Å². The predicted octanol–water partition coefficient (Wildman–Crippen LogP) is 3.46. The number of ether oxygens (including phenoxy) is 3. The number of rotatable bonds is 13. The molecule has 1 saturated carbocycles. The van der Waals surface area contributed by atoms with Gasteiger partial charge in [0.1, 0.15) is 18.4 Å². The van der Waals surface area contributed by atoms with Gasteiger partial charge in [0.05, 0.1) is 31.4 Å². The number of carbonyl (C=O) groups is 3. The van der Waals surface area contributed by atoms with Crippen LogP contribution in [0, 0.1) is 11.7 Å². The molecule has 10 nitrogen and oxygen atoms in total. The molecular formula is C29H30FN3O7. The molecule has 1 aliphatic carbocycles. The van der Waals surface area contributed by atoms with Crippen LogP contribution in [0.1, 0.15) is 40.7 Å². The van der Waals surface area contributed by atoms with Crippen LogP contribution in [0.4, 0.5) is 4.39 Å². The van der Waals surface area contributed by atoms with Gasteiger partial charge in [0.25, 0.3) is 5.91 Å². The Morgan fingerprint density at radius 3 is 2.62 bits per heavy atom. The molecule has 4 rings (SSSR count). The maximum Gasteiger partial charge on any atom is 0.323 e. The number of nitrogens with one attached hydrogen (secondary N) is 1. The fourth-order valence-corrected chi connectivity index (χ4v) is 3.91. The zero-order valence-corrected chi connectivity index (χ0v) is 21.9. The van der Waals surface area contributed by atoms with Crippen LogP contribution in [0.3, 0.4) is 0 Å². The number of halogens is 1. The van der Waals surface area contributed by atoms with Gasteiger partial charge < -0.3 is 30.4 Å². The highest BCUT2D eigenvalue weighted by atomic mass is 19.1. The largest absolute Gasteiger partial charge is 0.494 e. The van der Waals surface area contributed by atoms with Gasteiger partial charge in [-0.2, -0.15) is 0 Å². The molecule has 1 aliphatic rings. The van der Waals surface area contributed by atoms with Crippen LogP contribution in [-0.4, -0.2) is 47.7 Å². The molecule has 0 unspecified atom stereocenters. The fourth-order valence-electron chi connectivity index (χ4n) is 3.91. The number of aliphatic carboxylic acids is 1. The van der Waals surface area contributed by atoms with Gasteiger partial charge in [0.2, 0.25) is 0 Å². The molecule has 1 aromatic heterocycles. The Morgan fingerprint density at radius 2 is 1.93 bits per heavy atom. The molecule has 0 saturated heterocycles. The van der Waals surface area contributed by atoms with E-state index in [1.807, 2.05) is 0 Å². The normalized spacial score (nSPS) is 13.3. The highest BCUT2D eigenvalue weighted by Gasteiger charge is 2.24. The molecule has 1 fully saturated rings. The van der Waals surface area contributed by atoms with Gasteiger partial charge in [-0.1, -0.05) is 12.1 Å². The lowest BCUT2D eigenvalue weighted by molar-refractivity contribution is -0.150. The standard InChI is InChI=1S/C29H30FN3O7/c1-38-25-8-6-18(11-22(25)30)14-33-28(36)21-12-19(7-9-24(21)39-15-17-4-5-17)27-20(3-2-10-32-27)16-40-29(37)23(31)13-26(34)35/h2-3,6-12,17,23H,4-5,13-16,31H2,1H3,(H,33,36)(H,34,35)/t23-/m0/s1. The quantitative estimate of drug-likeness (QED) is 0.271. The first-order valence-corrected chi connectivity index (χ1v) is 12.7. The summed E-state index contributed by atoms with van der Waals surface area (Å²) >= 11 is 0. The number of nitrogens with two attached hydrogens (primary N) is 1. The first kappa shape index (κ1) is 28.5. The third-order valence-electron chi connectivity index (χ3n) is 6.30. The van der Waals surface area contributed by atoms with Crippen molar-refractivity contribution in [3.05, 3.63) is 77.2 Å². The summed E-state index contributed by atoms with van der Waals surface area (Å²) in [6, 6.07) is 11.6. The molecule has 0 bridgehead atoms. The van der Waals surface area contributed by atoms with E-state index in [2.05, 4.69) is 10.3 Å². The van der Waals surface area contributed by atoms with E-state index < -0.39 is 36.1 Å². The molecule has 0 radical (unpaired) electrons. The molecule has 1 heterocycles. The Kier molecular flexibility index (Phi) is 9.28. The second-order valence-electron chi connectivity index (χ2n) is 9.44. The first-order valence-electron chi connectivity index (χ1n) is 12.7. The number of esters is 1. The third kappa shape index (κ3) is 7.54. The van der Waals surface area contributed by atoms with Crippen LogP contribution in [0.5, 0.6) is 11.5 Å². The summed E-state index contributed by atoms with van der Waals surface area (Å²) in [4.78, 5) is 40.7. The molecule has 4 N–H and O–H groups in total. The van der Waals surface area contributed by atoms with Crippen molar-refractivity contribution in [1.82, 2.24) is 10.3 Å². The number of carbonyl (C=O) groups excluding carboxylic acids is 2. The molecule has 2 aromatic carbocycles. The van der Waals surface area contributed by atoms with Gasteiger partial charge in [-0.3, -0.25) is 19.4 Å². The average molecular weight is 552 g/mol. The van der Waals surface area contributed by atoms with E-state index in [4.69, 9.17) is 25.1 Å². The Hall–Kier alpha value is -4.51. The SMILES string of the molecule is COc1ccc(CNC(=O)c2cc(-c3ncccc3COC(=O)[C@@H](N)CC(=O)O)ccc2OCC2CC2)cc1F. The molecule has 0 spiro atoms. The third-order valence-corrected chi connectivity index (χ3v) is 6.30. The van der Waals surface area contributed by atoms with Gasteiger partial charge in [0.15, 0.2) is 11.6 Å². The topological polar surface area (TPSA) is 150 Å². The summed E-state index contributed by atoms with van der Waals surface area (Å²) in [5.41, 5.74) is 7.98. The summed E-state index contributed by atoms with van der Waals surface area (Å²) in [6.07, 6.45) is 3.17. The lowest BCUT2D eigenvalue weighted by atomic mass is 10.0. The van der Waals surface area contributed by atoms with E-state index in [-0.39, 0.29) is 24.5 Å². The van der Waals surface area contributed by atoms with Crippen LogP contribution in [0.25, 0.3) is 11.3 Å². The highest BCUT2D eigenvalue weighted by Crippen LogP contribution is 2.32. The van der Waals surface area contributed by atoms with Crippen molar-refractivity contribution in [3.63, 3.8) is 0 Å². The first-order chi connectivity index (χ1) is 19.2. The van der Waals surface area contributed by atoms with E-state index >= 15 is 0 Å². The maximum atomic E-state index is 14.1. The van der Waals surface area contributed by atoms with Crippen LogP contribution >= 0.6 is 0 Å². The molecule has 11 heteroatoms. The number of aromatic nitrogens is 1. The Balaban J connectivity index is 1.54. The van der Waals surface area contributed by atoms with Gasteiger partial charge in [-0.25, -0.2) is 4.39 Å². The van der Waals surface area contributed by atoms with E-state index in [0.29, 0.717) is 40.7 Å². The van der Waals surface area contributed by atoms with E-state index in [1.165, 1.54) is 19.2 Å². The number of nitrogens with zero attached hydrogens (tertiary/aromatic N) is 1. The summed E-state index contributed by atoms with van der Waals surface area (Å²) in [5.74, 6) is -2.04. The smallest absolute Gasteiger partial charge is 0.323 e. The second kappa shape index (κ2) is 13.0. The van der Waals surface area contributed by atoms with Crippen molar-refractivity contribution < 1.29 is 38.1 Å². The highest BCUT2D eigenvalue weighted by molar-refractivity contribution is 5.98. The minimum atomic E-state index is -1.30. The van der Waals surface area contributed by atoms with Gasteiger partial charge in [-0.05, 0) is 60.7 Å². The van der Waals surface area contributed by atoms with Crippen LogP contribution < -0.4 is 20.5 Å². The zero-order chi connectivity index (χ0) is 28.6. The predicted molar refractivity (Wildman–Crippen MR) is 142 cm³/mol. The summed E-state index contributed by atoms with van der Waals surface area (Å²) in [7, 11) is 1.38. The molecule has 1 atom stereocenters. The number of carboxylic acids is 1. The zero-order valence-electron chi connectivity index (χ0n) is 21.9. The number of carboxylic acid groups (broad SMARTS) is 1. The monoisotopic (exact) mass is 551 g/mol. The van der Waals surface area contributed by atoms with Crippen molar-refractivity contribution in [2.45, 2.75) is 38.5 Å². The van der Waals surface area contributed by atoms with E-state index in [9.17, 15) is 18.8 Å². The van der Waals surface area contributed by atoms with Crippen molar-refractivity contribution >= 4 is 17.8 Å². The molecule has 0 aliphatic heterocycles. The molecule has 1 amide bonds. The van der Waals surface area contributed by atoms with Crippen molar-refractivity contribution in [2.24, 2.45) is 11.7 Å². The number of methoxy groups -OCH3 is 1. The Bertz CT molecular complexity index is 1390. The summed E-state index contributed by atoms with van der Waals surface area (Å²) in [5, 5.41) is 11.7. The summed E-state index contributed by atoms with van der Waals surface area (Å²) < 4.78 is 30.2. The lowest BCUT2D eigenvalue weighted by Crippen LogP contribution is -2.34. The molecule has 210 valence electrons. The van der Waals surface area contributed by atoms with Crippen molar-refractivity contribution in [1.29, 1.82) is 0 Å². The average Bonchev–Trinajstić information content (AvgIpc) is 3.78. The Labute approximate surface area is 230 Å². The van der Waals surface area contributed by atoms with Crippen molar-refractivity contribution in [3.8, 4) is 22.8 Å². The second-order valence-corrected chi connectivity index (χ2v) is 9.44. The van der Waals surface area contributed by atoms with Gasteiger partial charge >= 0.3 is 11.9 Å². The number of hydrogen-bond donors (Lipinski definition) is 3. The molecular weight excluding hydrogens is 521 g/mol. The van der Waals surface area contributed by atoms with E-state index in [0.717, 1.165) is 12.8 Å². The van der Waals surface area contributed by atoms with Crippen LogP contribution in [0.2, 0.25) is 0 Å². The number of benzene rings is 2. The minimum absolute atomic E-state index is 0.0768. The number of hydrogen-bond acceptors (Lipinski definition) is 8. The maximum absolute atomic E-state index is 14.1. The Morgan fingerprint density at radius 1 is 1.15 bits per heavy atom. The van der Waals surface area contributed by atoms with Crippen molar-refractivity contribution in [2.75, 3.05) is 13.7 Å². The van der Waals surface area contributed by atoms with Crippen LogP contribution in [-0.2, 0) is 27.5 Å². The number of pyridine rings is 1. The van der Waals surface area contributed by atoms with E-state index in [1.54, 1.807) is 42.6 Å². The molecule has 3 aromatic rings. The molecule has 40 heavy (non-hydrogen) atoms. The minimum Gasteiger partial charge on any atom is -0.494 e. The fraction of sp³-hybridized carbons (Fsp3) is 0.310. The lowest BCUT2D eigenvalue weighted by Gasteiger charge is -2.15. The van der Waals surface area contributed by atoms with Gasteiger partial charge in [-0.15, -0.1) is 0 Å². The number of amides is 1.